The van der Waals surface area contributed by atoms with E-state index in [1.54, 1.807) is 0 Å². The first kappa shape index (κ1) is 18.1. The molecule has 1 amide bonds. The molecule has 0 radical (unpaired) electrons. The number of fused-ring (bicyclic) bond motifs is 1. The van der Waals surface area contributed by atoms with Gasteiger partial charge >= 0.3 is 0 Å². The van der Waals surface area contributed by atoms with Gasteiger partial charge in [-0.05, 0) is 50.6 Å². The number of carbonyl (C=O) groups is 1. The zero-order chi connectivity index (χ0) is 19.2. The Kier molecular flexibility index (Phi) is 4.47. The van der Waals surface area contributed by atoms with E-state index in [4.69, 9.17) is 16.6 Å². The van der Waals surface area contributed by atoms with Crippen molar-refractivity contribution >= 4 is 28.5 Å². The second kappa shape index (κ2) is 6.68. The van der Waals surface area contributed by atoms with E-state index in [1.807, 2.05) is 41.3 Å². The number of amides is 1. The number of benzene rings is 2. The highest BCUT2D eigenvalue weighted by atomic mass is 35.5. The second-order valence-corrected chi connectivity index (χ2v) is 8.69. The van der Waals surface area contributed by atoms with Crippen molar-refractivity contribution in [2.24, 2.45) is 0 Å². The smallest absolute Gasteiger partial charge is 0.223 e. The molecule has 1 fully saturated rings. The molecule has 4 rings (SSSR count). The van der Waals surface area contributed by atoms with Crippen LogP contribution in [0.4, 0.5) is 0 Å². The fourth-order valence-corrected chi connectivity index (χ4v) is 4.13. The van der Waals surface area contributed by atoms with Crippen LogP contribution in [0.15, 0.2) is 48.5 Å². The second-order valence-electron chi connectivity index (χ2n) is 8.25. The topological polar surface area (TPSA) is 38.1 Å². The monoisotopic (exact) mass is 381 g/mol. The Morgan fingerprint density at radius 3 is 2.63 bits per heavy atom. The predicted molar refractivity (Wildman–Crippen MR) is 109 cm³/mol. The maximum atomic E-state index is 12.6. The number of imidazole rings is 1. The number of halogens is 1. The molecular formula is C22H24ClN3O. The van der Waals surface area contributed by atoms with Crippen molar-refractivity contribution in [1.29, 1.82) is 0 Å². The molecule has 3 aromatic rings. The Morgan fingerprint density at radius 1 is 1.15 bits per heavy atom. The summed E-state index contributed by atoms with van der Waals surface area (Å²) in [6, 6.07) is 16.1. The fourth-order valence-electron chi connectivity index (χ4n) is 3.92. The highest BCUT2D eigenvalue weighted by Gasteiger charge is 2.38. The summed E-state index contributed by atoms with van der Waals surface area (Å²) in [5.74, 6) is 1.29. The van der Waals surface area contributed by atoms with Crippen LogP contribution in [-0.4, -0.2) is 32.4 Å². The fraction of sp³-hybridized carbons (Fsp3) is 0.364. The Hall–Kier alpha value is -2.33. The van der Waals surface area contributed by atoms with Gasteiger partial charge in [-0.15, -0.1) is 0 Å². The van der Waals surface area contributed by atoms with E-state index in [-0.39, 0.29) is 17.4 Å². The molecule has 1 aliphatic heterocycles. The van der Waals surface area contributed by atoms with Gasteiger partial charge in [0.15, 0.2) is 0 Å². The standard InChI is InChI=1S/C22H24ClN3O/c1-22(2,3)26-14-16(12-20(26)27)21-24-18-9-4-5-10-19(18)25(21)13-15-7-6-8-17(23)11-15/h4-11,16H,12-14H2,1-3H3/t16-/m0/s1. The summed E-state index contributed by atoms with van der Waals surface area (Å²) < 4.78 is 2.24. The summed E-state index contributed by atoms with van der Waals surface area (Å²) in [4.78, 5) is 19.5. The minimum Gasteiger partial charge on any atom is -0.337 e. The number of nitrogens with zero attached hydrogens (tertiary/aromatic N) is 3. The number of rotatable bonds is 3. The lowest BCUT2D eigenvalue weighted by Crippen LogP contribution is -2.42. The minimum absolute atomic E-state index is 0.100. The van der Waals surface area contributed by atoms with Gasteiger partial charge < -0.3 is 9.47 Å². The summed E-state index contributed by atoms with van der Waals surface area (Å²) in [6.07, 6.45) is 0.510. The van der Waals surface area contributed by atoms with Crippen molar-refractivity contribution in [1.82, 2.24) is 14.5 Å². The van der Waals surface area contributed by atoms with E-state index >= 15 is 0 Å². The summed E-state index contributed by atoms with van der Waals surface area (Å²) in [7, 11) is 0. The van der Waals surface area contributed by atoms with Gasteiger partial charge in [0.1, 0.15) is 5.82 Å². The number of aromatic nitrogens is 2. The zero-order valence-electron chi connectivity index (χ0n) is 15.9. The third kappa shape index (κ3) is 3.46. The third-order valence-electron chi connectivity index (χ3n) is 5.21. The number of hydrogen-bond donors (Lipinski definition) is 0. The molecule has 0 bridgehead atoms. The number of likely N-dealkylation sites (tertiary alicyclic amines) is 1. The number of carbonyl (C=O) groups excluding carboxylic acids is 1. The molecule has 1 aliphatic rings. The summed E-state index contributed by atoms with van der Waals surface area (Å²) in [6.45, 7) is 7.66. The number of hydrogen-bond acceptors (Lipinski definition) is 2. The maximum Gasteiger partial charge on any atom is 0.223 e. The lowest BCUT2D eigenvalue weighted by molar-refractivity contribution is -0.131. The Labute approximate surface area is 164 Å². The minimum atomic E-state index is -0.171. The molecular weight excluding hydrogens is 358 g/mol. The van der Waals surface area contributed by atoms with Crippen molar-refractivity contribution in [3.63, 3.8) is 0 Å². The van der Waals surface area contributed by atoms with E-state index in [2.05, 4.69) is 37.5 Å². The molecule has 140 valence electrons. The zero-order valence-corrected chi connectivity index (χ0v) is 16.7. The predicted octanol–water partition coefficient (Wildman–Crippen LogP) is 4.85. The summed E-state index contributed by atoms with van der Waals surface area (Å²) >= 11 is 6.18. The van der Waals surface area contributed by atoms with Crippen molar-refractivity contribution in [2.45, 2.75) is 45.2 Å². The SMILES string of the molecule is CC(C)(C)N1C[C@@H](c2nc3ccccc3n2Cc2cccc(Cl)c2)CC1=O. The van der Waals surface area contributed by atoms with E-state index in [9.17, 15) is 4.79 Å². The Bertz CT molecular complexity index is 1000. The first-order chi connectivity index (χ1) is 12.8. The average molecular weight is 382 g/mol. The lowest BCUT2D eigenvalue weighted by Gasteiger charge is -2.32. The highest BCUT2D eigenvalue weighted by Crippen LogP contribution is 2.34. The van der Waals surface area contributed by atoms with Crippen LogP contribution in [0.5, 0.6) is 0 Å². The van der Waals surface area contributed by atoms with Crippen molar-refractivity contribution in [3.05, 3.63) is 64.9 Å². The van der Waals surface area contributed by atoms with E-state index in [0.29, 0.717) is 19.5 Å². The van der Waals surface area contributed by atoms with Gasteiger partial charge in [0, 0.05) is 36.0 Å². The van der Waals surface area contributed by atoms with Crippen molar-refractivity contribution in [3.8, 4) is 0 Å². The van der Waals surface area contributed by atoms with Gasteiger partial charge in [0.05, 0.1) is 11.0 Å². The van der Waals surface area contributed by atoms with Crippen molar-refractivity contribution < 1.29 is 4.79 Å². The molecule has 0 aliphatic carbocycles. The molecule has 0 unspecified atom stereocenters. The molecule has 1 saturated heterocycles. The van der Waals surface area contributed by atoms with Gasteiger partial charge in [-0.1, -0.05) is 35.9 Å². The summed E-state index contributed by atoms with van der Waals surface area (Å²) in [5.41, 5.74) is 3.02. The average Bonchev–Trinajstić information content (AvgIpc) is 3.16. The van der Waals surface area contributed by atoms with E-state index in [0.717, 1.165) is 27.4 Å². The molecule has 27 heavy (non-hydrogen) atoms. The first-order valence-corrected chi connectivity index (χ1v) is 9.71. The normalized spacial score (nSPS) is 17.9. The van der Waals surface area contributed by atoms with Crippen LogP contribution < -0.4 is 0 Å². The molecule has 2 heterocycles. The Morgan fingerprint density at radius 2 is 1.93 bits per heavy atom. The van der Waals surface area contributed by atoms with Gasteiger partial charge in [-0.3, -0.25) is 4.79 Å². The lowest BCUT2D eigenvalue weighted by atomic mass is 10.1. The van der Waals surface area contributed by atoms with Crippen LogP contribution in [-0.2, 0) is 11.3 Å². The molecule has 2 aromatic carbocycles. The highest BCUT2D eigenvalue weighted by molar-refractivity contribution is 6.30. The van der Waals surface area contributed by atoms with Crippen LogP contribution in [0.25, 0.3) is 11.0 Å². The molecule has 0 saturated carbocycles. The number of para-hydroxylation sites is 2. The maximum absolute atomic E-state index is 12.6. The molecule has 0 spiro atoms. The van der Waals surface area contributed by atoms with Gasteiger partial charge in [0.2, 0.25) is 5.91 Å². The first-order valence-electron chi connectivity index (χ1n) is 9.33. The molecule has 1 atom stereocenters. The third-order valence-corrected chi connectivity index (χ3v) is 5.45. The molecule has 5 heteroatoms. The van der Waals surface area contributed by atoms with Crippen LogP contribution in [0.1, 0.15) is 44.5 Å². The quantitative estimate of drug-likeness (QED) is 0.650. The van der Waals surface area contributed by atoms with Gasteiger partial charge in [-0.2, -0.15) is 0 Å². The summed E-state index contributed by atoms with van der Waals surface area (Å²) in [5, 5.41) is 0.730. The molecule has 1 aromatic heterocycles. The van der Waals surface area contributed by atoms with Crippen LogP contribution >= 0.6 is 11.6 Å². The molecule has 4 nitrogen and oxygen atoms in total. The van der Waals surface area contributed by atoms with Crippen molar-refractivity contribution in [2.75, 3.05) is 6.54 Å². The van der Waals surface area contributed by atoms with E-state index < -0.39 is 0 Å². The van der Waals surface area contributed by atoms with E-state index in [1.165, 1.54) is 0 Å². The Balaban J connectivity index is 1.76. The van der Waals surface area contributed by atoms with Crippen LogP contribution in [0.3, 0.4) is 0 Å². The van der Waals surface area contributed by atoms with Crippen LogP contribution in [0.2, 0.25) is 5.02 Å². The van der Waals surface area contributed by atoms with Gasteiger partial charge in [-0.25, -0.2) is 4.98 Å². The molecule has 0 N–H and O–H groups in total. The van der Waals surface area contributed by atoms with Crippen LogP contribution in [0, 0.1) is 0 Å². The van der Waals surface area contributed by atoms with Gasteiger partial charge in [0.25, 0.3) is 0 Å². The largest absolute Gasteiger partial charge is 0.337 e.